The van der Waals surface area contributed by atoms with E-state index in [9.17, 15) is 31.6 Å². The Morgan fingerprint density at radius 3 is 2.29 bits per heavy atom. The normalized spacial score (nSPS) is 15.1. The summed E-state index contributed by atoms with van der Waals surface area (Å²) in [6, 6.07) is 9.01. The van der Waals surface area contributed by atoms with Gasteiger partial charge in [-0.3, -0.25) is 19.5 Å². The lowest BCUT2D eigenvalue weighted by molar-refractivity contribution is -0.131. The number of urea groups is 1. The number of sulfone groups is 1. The SMILES string of the molecule is O=C(CNC(=O)C(F)F)c1ccc(CN(C(=O)N2CCS(=O)(=O)CC2)c2ccc(Cl)cc2)nc1. The van der Waals surface area contributed by atoms with Crippen LogP contribution in [0.2, 0.25) is 5.02 Å². The van der Waals surface area contributed by atoms with E-state index >= 15 is 0 Å². The summed E-state index contributed by atoms with van der Waals surface area (Å²) in [7, 11) is -3.17. The standard InChI is InChI=1S/C21H21ClF2N4O5S/c22-15-2-5-17(6-3-15)28(21(31)27-7-9-34(32,33)10-8-27)13-16-4-1-14(11-25-16)18(29)12-26-20(30)19(23)24/h1-6,11,19H,7-10,12-13H2,(H,26,30). The number of pyridine rings is 1. The summed E-state index contributed by atoms with van der Waals surface area (Å²) in [5.41, 5.74) is 1.03. The van der Waals surface area contributed by atoms with Crippen LogP contribution in [0.5, 0.6) is 0 Å². The zero-order valence-electron chi connectivity index (χ0n) is 17.8. The molecule has 1 fully saturated rings. The molecule has 2 aromatic rings. The molecular formula is C21H21ClF2N4O5S. The molecule has 1 aliphatic rings. The number of carbonyl (C=O) groups is 3. The first-order valence-electron chi connectivity index (χ1n) is 10.1. The van der Waals surface area contributed by atoms with Crippen molar-refractivity contribution >= 4 is 44.8 Å². The molecule has 1 aliphatic heterocycles. The van der Waals surface area contributed by atoms with Crippen molar-refractivity contribution in [3.05, 3.63) is 58.9 Å². The lowest BCUT2D eigenvalue weighted by atomic mass is 10.1. The van der Waals surface area contributed by atoms with Crippen LogP contribution in [0.15, 0.2) is 42.6 Å². The first-order valence-corrected chi connectivity index (χ1v) is 12.3. The van der Waals surface area contributed by atoms with Crippen LogP contribution in [-0.2, 0) is 21.2 Å². The number of anilines is 1. The van der Waals surface area contributed by atoms with Crippen molar-refractivity contribution in [1.82, 2.24) is 15.2 Å². The predicted molar refractivity (Wildman–Crippen MR) is 121 cm³/mol. The van der Waals surface area contributed by atoms with E-state index in [-0.39, 0.29) is 36.7 Å². The third-order valence-corrected chi connectivity index (χ3v) is 6.93. The molecule has 9 nitrogen and oxygen atoms in total. The number of hydrogen-bond donors (Lipinski definition) is 1. The number of hydrogen-bond acceptors (Lipinski definition) is 6. The Bertz CT molecular complexity index is 1150. The van der Waals surface area contributed by atoms with Crippen molar-refractivity contribution in [3.8, 4) is 0 Å². The number of nitrogens with zero attached hydrogens (tertiary/aromatic N) is 3. The molecule has 34 heavy (non-hydrogen) atoms. The van der Waals surface area contributed by atoms with Gasteiger partial charge in [0.05, 0.1) is 30.3 Å². The van der Waals surface area contributed by atoms with Gasteiger partial charge >= 0.3 is 12.5 Å². The molecule has 0 saturated carbocycles. The lowest BCUT2D eigenvalue weighted by Crippen LogP contribution is -2.49. The molecule has 1 N–H and O–H groups in total. The summed E-state index contributed by atoms with van der Waals surface area (Å²) in [6.45, 7) is -0.454. The molecule has 13 heteroatoms. The lowest BCUT2D eigenvalue weighted by Gasteiger charge is -2.33. The second kappa shape index (κ2) is 10.9. The van der Waals surface area contributed by atoms with Crippen LogP contribution in [0.1, 0.15) is 16.1 Å². The molecule has 0 radical (unpaired) electrons. The van der Waals surface area contributed by atoms with E-state index in [1.54, 1.807) is 24.3 Å². The van der Waals surface area contributed by atoms with Crippen LogP contribution in [0.4, 0.5) is 19.3 Å². The molecule has 3 rings (SSSR count). The Morgan fingerprint density at radius 2 is 1.74 bits per heavy atom. The number of nitrogens with one attached hydrogen (secondary N) is 1. The van der Waals surface area contributed by atoms with Crippen LogP contribution in [0.3, 0.4) is 0 Å². The average molecular weight is 515 g/mol. The number of rotatable bonds is 7. The molecule has 3 amide bonds. The maximum Gasteiger partial charge on any atom is 0.324 e. The number of aromatic nitrogens is 1. The Labute approximate surface area is 199 Å². The third-order valence-electron chi connectivity index (χ3n) is 5.07. The van der Waals surface area contributed by atoms with E-state index in [4.69, 9.17) is 11.6 Å². The number of halogens is 3. The summed E-state index contributed by atoms with van der Waals surface area (Å²) in [5.74, 6) is -2.39. The van der Waals surface area contributed by atoms with Gasteiger partial charge in [0.2, 0.25) is 0 Å². The molecule has 1 saturated heterocycles. The van der Waals surface area contributed by atoms with Crippen LogP contribution in [0, 0.1) is 0 Å². The van der Waals surface area contributed by atoms with Gasteiger partial charge in [0, 0.05) is 35.6 Å². The second-order valence-corrected chi connectivity index (χ2v) is 10.2. The predicted octanol–water partition coefficient (Wildman–Crippen LogP) is 2.16. The number of ketones is 1. The molecular weight excluding hydrogens is 494 g/mol. The van der Waals surface area contributed by atoms with E-state index in [2.05, 4.69) is 4.98 Å². The molecule has 1 aromatic heterocycles. The second-order valence-electron chi connectivity index (χ2n) is 7.46. The molecule has 0 atom stereocenters. The largest absolute Gasteiger partial charge is 0.344 e. The van der Waals surface area contributed by atoms with Crippen molar-refractivity contribution in [3.63, 3.8) is 0 Å². The Hall–Kier alpha value is -3.12. The fourth-order valence-electron chi connectivity index (χ4n) is 3.16. The molecule has 0 unspecified atom stereocenters. The van der Waals surface area contributed by atoms with E-state index < -0.39 is 40.5 Å². The van der Waals surface area contributed by atoms with Crippen LogP contribution < -0.4 is 10.2 Å². The highest BCUT2D eigenvalue weighted by Crippen LogP contribution is 2.22. The van der Waals surface area contributed by atoms with Gasteiger partial charge in [-0.25, -0.2) is 13.2 Å². The van der Waals surface area contributed by atoms with Crippen molar-refractivity contribution < 1.29 is 31.6 Å². The summed E-state index contributed by atoms with van der Waals surface area (Å²) in [6.07, 6.45) is -1.99. The molecule has 0 bridgehead atoms. The Kier molecular flexibility index (Phi) is 8.15. The van der Waals surface area contributed by atoms with Gasteiger partial charge in [-0.2, -0.15) is 8.78 Å². The van der Waals surface area contributed by atoms with Crippen molar-refractivity contribution in [1.29, 1.82) is 0 Å². The van der Waals surface area contributed by atoms with Crippen LogP contribution in [0.25, 0.3) is 0 Å². The van der Waals surface area contributed by atoms with E-state index in [0.717, 1.165) is 0 Å². The molecule has 0 aliphatic carbocycles. The van der Waals surface area contributed by atoms with Gasteiger partial charge in [0.15, 0.2) is 15.6 Å². The maximum atomic E-state index is 13.2. The Balaban J connectivity index is 1.74. The summed E-state index contributed by atoms with van der Waals surface area (Å²) in [4.78, 5) is 43.3. The summed E-state index contributed by atoms with van der Waals surface area (Å²) >= 11 is 5.95. The minimum absolute atomic E-state index is 0.0142. The molecule has 0 spiro atoms. The van der Waals surface area contributed by atoms with Gasteiger partial charge in [-0.1, -0.05) is 11.6 Å². The molecule has 2 heterocycles. The van der Waals surface area contributed by atoms with Gasteiger partial charge in [-0.05, 0) is 36.4 Å². The highest BCUT2D eigenvalue weighted by molar-refractivity contribution is 7.91. The molecule has 182 valence electrons. The maximum absolute atomic E-state index is 13.2. The van der Waals surface area contributed by atoms with Crippen molar-refractivity contribution in [2.75, 3.05) is 36.0 Å². The number of alkyl halides is 2. The number of carbonyl (C=O) groups excluding carboxylic acids is 3. The van der Waals surface area contributed by atoms with Crippen molar-refractivity contribution in [2.24, 2.45) is 0 Å². The summed E-state index contributed by atoms with van der Waals surface area (Å²) < 4.78 is 47.9. The van der Waals surface area contributed by atoms with Crippen molar-refractivity contribution in [2.45, 2.75) is 13.0 Å². The zero-order valence-corrected chi connectivity index (χ0v) is 19.4. The Morgan fingerprint density at radius 1 is 1.09 bits per heavy atom. The summed E-state index contributed by atoms with van der Waals surface area (Å²) in [5, 5.41) is 2.30. The van der Waals surface area contributed by atoms with E-state index in [1.807, 2.05) is 5.32 Å². The third kappa shape index (κ3) is 6.70. The quantitative estimate of drug-likeness (QED) is 0.566. The number of amides is 3. The monoisotopic (exact) mass is 514 g/mol. The van der Waals surface area contributed by atoms with Gasteiger partial charge in [0.1, 0.15) is 0 Å². The molecule has 1 aromatic carbocycles. The highest BCUT2D eigenvalue weighted by Gasteiger charge is 2.29. The average Bonchev–Trinajstić information content (AvgIpc) is 2.81. The highest BCUT2D eigenvalue weighted by atomic mass is 35.5. The minimum Gasteiger partial charge on any atom is -0.344 e. The smallest absolute Gasteiger partial charge is 0.324 e. The fourth-order valence-corrected chi connectivity index (χ4v) is 4.48. The van der Waals surface area contributed by atoms with Gasteiger partial charge in [0.25, 0.3) is 5.91 Å². The van der Waals surface area contributed by atoms with Crippen LogP contribution >= 0.6 is 11.6 Å². The fraction of sp³-hybridized carbons (Fsp3) is 0.333. The van der Waals surface area contributed by atoms with Crippen LogP contribution in [-0.4, -0.2) is 73.6 Å². The zero-order chi connectivity index (χ0) is 24.9. The number of benzene rings is 1. The van der Waals surface area contributed by atoms with E-state index in [1.165, 1.54) is 28.1 Å². The number of Topliss-reactive ketones (excluding diaryl/α,β-unsaturated/α-hetero) is 1. The topological polar surface area (TPSA) is 117 Å². The minimum atomic E-state index is -3.22. The van der Waals surface area contributed by atoms with Gasteiger partial charge in [-0.15, -0.1) is 0 Å². The first-order chi connectivity index (χ1) is 16.1. The van der Waals surface area contributed by atoms with Gasteiger partial charge < -0.3 is 10.2 Å². The van der Waals surface area contributed by atoms with E-state index in [0.29, 0.717) is 16.4 Å². The first kappa shape index (κ1) is 25.5.